The van der Waals surface area contributed by atoms with E-state index in [1.54, 1.807) is 6.20 Å². The van der Waals surface area contributed by atoms with Crippen molar-refractivity contribution in [3.05, 3.63) is 42.1 Å². The summed E-state index contributed by atoms with van der Waals surface area (Å²) in [6, 6.07) is 10.0. The summed E-state index contributed by atoms with van der Waals surface area (Å²) in [7, 11) is 0. The molecule has 1 aliphatic rings. The molecule has 3 nitrogen and oxygen atoms in total. The standard InChI is InChI=1S/C17H19BrN2O/c18-12-14-8-2-1-3-11-20(14)17(21)15-9-4-6-13-7-5-10-19-16(13)15/h4-7,9-10,14H,1-3,8,11-12H2. The lowest BCUT2D eigenvalue weighted by molar-refractivity contribution is 0.0704. The highest BCUT2D eigenvalue weighted by molar-refractivity contribution is 9.09. The van der Waals surface area contributed by atoms with Crippen molar-refractivity contribution in [1.29, 1.82) is 0 Å². The highest BCUT2D eigenvalue weighted by atomic mass is 79.9. The number of rotatable bonds is 2. The fourth-order valence-electron chi connectivity index (χ4n) is 3.04. The van der Waals surface area contributed by atoms with E-state index in [1.807, 2.05) is 35.2 Å². The number of aromatic nitrogens is 1. The van der Waals surface area contributed by atoms with E-state index in [0.29, 0.717) is 6.04 Å². The number of nitrogens with zero attached hydrogens (tertiary/aromatic N) is 2. The largest absolute Gasteiger partial charge is 0.335 e. The maximum absolute atomic E-state index is 13.0. The van der Waals surface area contributed by atoms with Crippen LogP contribution in [-0.4, -0.2) is 33.7 Å². The van der Waals surface area contributed by atoms with E-state index in [-0.39, 0.29) is 5.91 Å². The van der Waals surface area contributed by atoms with Crippen LogP contribution >= 0.6 is 15.9 Å². The van der Waals surface area contributed by atoms with Crippen LogP contribution in [-0.2, 0) is 0 Å². The first-order valence-corrected chi connectivity index (χ1v) is 8.64. The van der Waals surface area contributed by atoms with E-state index in [1.165, 1.54) is 12.8 Å². The molecule has 110 valence electrons. The molecule has 1 unspecified atom stereocenters. The van der Waals surface area contributed by atoms with Crippen LogP contribution in [0.1, 0.15) is 36.0 Å². The molecule has 1 saturated heterocycles. The van der Waals surface area contributed by atoms with Gasteiger partial charge in [-0.3, -0.25) is 9.78 Å². The number of pyridine rings is 1. The number of amides is 1. The molecule has 2 aromatic rings. The lowest BCUT2D eigenvalue weighted by Gasteiger charge is -2.29. The average molecular weight is 347 g/mol. The zero-order valence-corrected chi connectivity index (χ0v) is 13.6. The lowest BCUT2D eigenvalue weighted by atomic mass is 10.1. The van der Waals surface area contributed by atoms with Gasteiger partial charge >= 0.3 is 0 Å². The summed E-state index contributed by atoms with van der Waals surface area (Å²) < 4.78 is 0. The van der Waals surface area contributed by atoms with E-state index in [9.17, 15) is 4.79 Å². The first-order chi connectivity index (χ1) is 10.3. The fourth-order valence-corrected chi connectivity index (χ4v) is 3.71. The van der Waals surface area contributed by atoms with Gasteiger partial charge in [-0.2, -0.15) is 0 Å². The predicted molar refractivity (Wildman–Crippen MR) is 88.8 cm³/mol. The summed E-state index contributed by atoms with van der Waals surface area (Å²) in [6.07, 6.45) is 6.33. The zero-order valence-electron chi connectivity index (χ0n) is 12.0. The van der Waals surface area contributed by atoms with Crippen molar-refractivity contribution in [2.24, 2.45) is 0 Å². The number of halogens is 1. The second kappa shape index (κ2) is 6.56. The van der Waals surface area contributed by atoms with Crippen molar-refractivity contribution >= 4 is 32.7 Å². The van der Waals surface area contributed by atoms with Crippen LogP contribution in [0, 0.1) is 0 Å². The average Bonchev–Trinajstić information content (AvgIpc) is 2.79. The number of likely N-dealkylation sites (tertiary alicyclic amines) is 1. The van der Waals surface area contributed by atoms with Gasteiger partial charge in [-0.15, -0.1) is 0 Å². The zero-order chi connectivity index (χ0) is 14.7. The van der Waals surface area contributed by atoms with Crippen molar-refractivity contribution in [2.75, 3.05) is 11.9 Å². The second-order valence-electron chi connectivity index (χ2n) is 5.54. The molecule has 4 heteroatoms. The molecule has 3 rings (SSSR count). The molecule has 1 fully saturated rings. The monoisotopic (exact) mass is 346 g/mol. The van der Waals surface area contributed by atoms with E-state index in [0.717, 1.165) is 41.2 Å². The van der Waals surface area contributed by atoms with Crippen LogP contribution in [0.2, 0.25) is 0 Å². The predicted octanol–water partition coefficient (Wildman–Crippen LogP) is 4.01. The minimum absolute atomic E-state index is 0.116. The quantitative estimate of drug-likeness (QED) is 0.769. The van der Waals surface area contributed by atoms with Gasteiger partial charge < -0.3 is 4.90 Å². The topological polar surface area (TPSA) is 33.2 Å². The molecule has 0 radical (unpaired) electrons. The first kappa shape index (κ1) is 14.5. The SMILES string of the molecule is O=C(c1cccc2cccnc12)N1CCCCCC1CBr. The molecule has 0 N–H and O–H groups in total. The van der Waals surface area contributed by atoms with Crippen LogP contribution in [0.15, 0.2) is 36.5 Å². The fraction of sp³-hybridized carbons (Fsp3) is 0.412. The van der Waals surface area contributed by atoms with Crippen LogP contribution in [0.5, 0.6) is 0 Å². The first-order valence-electron chi connectivity index (χ1n) is 7.52. The van der Waals surface area contributed by atoms with E-state index < -0.39 is 0 Å². The van der Waals surface area contributed by atoms with Gasteiger partial charge in [0.25, 0.3) is 5.91 Å². The Hall–Kier alpha value is -1.42. The molecule has 0 saturated carbocycles. The van der Waals surface area contributed by atoms with Crippen molar-refractivity contribution in [3.8, 4) is 0 Å². The Kier molecular flexibility index (Phi) is 4.54. The number of hydrogen-bond acceptors (Lipinski definition) is 2. The molecule has 1 aromatic carbocycles. The van der Waals surface area contributed by atoms with Crippen molar-refractivity contribution in [3.63, 3.8) is 0 Å². The minimum Gasteiger partial charge on any atom is -0.335 e. The van der Waals surface area contributed by atoms with Crippen molar-refractivity contribution in [2.45, 2.75) is 31.7 Å². The van der Waals surface area contributed by atoms with E-state index in [4.69, 9.17) is 0 Å². The third-order valence-corrected chi connectivity index (χ3v) is 4.93. The number of hydrogen-bond donors (Lipinski definition) is 0. The van der Waals surface area contributed by atoms with Crippen LogP contribution in [0.25, 0.3) is 10.9 Å². The van der Waals surface area contributed by atoms with Gasteiger partial charge in [0.15, 0.2) is 0 Å². The Morgan fingerprint density at radius 1 is 1.24 bits per heavy atom. The van der Waals surface area contributed by atoms with Crippen LogP contribution in [0.4, 0.5) is 0 Å². The summed E-state index contributed by atoms with van der Waals surface area (Å²) in [4.78, 5) is 19.4. The highest BCUT2D eigenvalue weighted by Crippen LogP contribution is 2.23. The molecule has 21 heavy (non-hydrogen) atoms. The summed E-state index contributed by atoms with van der Waals surface area (Å²) in [5, 5.41) is 1.87. The number of fused-ring (bicyclic) bond motifs is 1. The van der Waals surface area contributed by atoms with Crippen LogP contribution in [0.3, 0.4) is 0 Å². The molecule has 1 atom stereocenters. The Morgan fingerprint density at radius 2 is 2.10 bits per heavy atom. The minimum atomic E-state index is 0.116. The third kappa shape index (κ3) is 2.95. The van der Waals surface area contributed by atoms with E-state index in [2.05, 4.69) is 20.9 Å². The lowest BCUT2D eigenvalue weighted by Crippen LogP contribution is -2.41. The summed E-state index contributed by atoms with van der Waals surface area (Å²) >= 11 is 3.57. The Morgan fingerprint density at radius 3 is 2.95 bits per heavy atom. The molecule has 0 bridgehead atoms. The second-order valence-corrected chi connectivity index (χ2v) is 6.18. The van der Waals surface area contributed by atoms with Crippen LogP contribution < -0.4 is 0 Å². The number of para-hydroxylation sites is 1. The Balaban J connectivity index is 1.99. The Bertz CT molecular complexity index is 638. The van der Waals surface area contributed by atoms with Crippen molar-refractivity contribution in [1.82, 2.24) is 9.88 Å². The normalized spacial score (nSPS) is 19.5. The van der Waals surface area contributed by atoms with Crippen molar-refractivity contribution < 1.29 is 4.79 Å². The molecule has 0 aliphatic carbocycles. The molecular formula is C17H19BrN2O. The molecule has 1 amide bonds. The van der Waals surface area contributed by atoms with Gasteiger partial charge in [0.1, 0.15) is 0 Å². The number of carbonyl (C=O) groups excluding carboxylic acids is 1. The van der Waals surface area contributed by atoms with Gasteiger partial charge in [-0.05, 0) is 25.0 Å². The third-order valence-electron chi connectivity index (χ3n) is 4.18. The van der Waals surface area contributed by atoms with Gasteiger partial charge in [-0.1, -0.05) is 47.0 Å². The van der Waals surface area contributed by atoms with E-state index >= 15 is 0 Å². The molecule has 1 aliphatic heterocycles. The molecule has 1 aromatic heterocycles. The van der Waals surface area contributed by atoms with Gasteiger partial charge in [-0.25, -0.2) is 0 Å². The number of benzene rings is 1. The summed E-state index contributed by atoms with van der Waals surface area (Å²) in [5.41, 5.74) is 1.53. The smallest absolute Gasteiger partial charge is 0.256 e. The highest BCUT2D eigenvalue weighted by Gasteiger charge is 2.26. The maximum atomic E-state index is 13.0. The summed E-state index contributed by atoms with van der Waals surface area (Å²) in [6.45, 7) is 0.846. The Labute approximate surface area is 133 Å². The van der Waals surface area contributed by atoms with Gasteiger partial charge in [0.2, 0.25) is 0 Å². The molecule has 0 spiro atoms. The number of carbonyl (C=O) groups is 1. The van der Waals surface area contributed by atoms with Gasteiger partial charge in [0.05, 0.1) is 11.1 Å². The number of alkyl halides is 1. The summed E-state index contributed by atoms with van der Waals surface area (Å²) in [5.74, 6) is 0.116. The molecule has 2 heterocycles. The van der Waals surface area contributed by atoms with Gasteiger partial charge in [0, 0.05) is 29.5 Å². The molecular weight excluding hydrogens is 328 g/mol. The maximum Gasteiger partial charge on any atom is 0.256 e.